The Labute approximate surface area is 116 Å². The van der Waals surface area contributed by atoms with Gasteiger partial charge >= 0.3 is 12.0 Å². The lowest BCUT2D eigenvalue weighted by molar-refractivity contribution is -0.139. The Morgan fingerprint density at radius 3 is 2.70 bits per heavy atom. The molecule has 20 heavy (non-hydrogen) atoms. The number of urea groups is 1. The maximum Gasteiger partial charge on any atom is 0.326 e. The number of nitriles is 1. The number of carbonyl (C=O) groups excluding carboxylic acids is 1. The Morgan fingerprint density at radius 2 is 2.20 bits per heavy atom. The quantitative estimate of drug-likeness (QED) is 0.756. The van der Waals surface area contributed by atoms with Crippen LogP contribution in [0.3, 0.4) is 0 Å². The van der Waals surface area contributed by atoms with E-state index in [0.29, 0.717) is 5.75 Å². The number of carboxylic acids is 1. The van der Waals surface area contributed by atoms with E-state index >= 15 is 0 Å². The third-order valence-corrected chi connectivity index (χ3v) is 2.62. The molecule has 1 unspecified atom stereocenters. The molecule has 3 N–H and O–H groups in total. The van der Waals surface area contributed by atoms with E-state index in [-0.39, 0.29) is 17.7 Å². The van der Waals surface area contributed by atoms with E-state index in [4.69, 9.17) is 15.1 Å². The second-order valence-corrected chi connectivity index (χ2v) is 3.89. The molecule has 1 aromatic carbocycles. The highest BCUT2D eigenvalue weighted by Gasteiger charge is 2.19. The Kier molecular flexibility index (Phi) is 5.35. The maximum atomic E-state index is 11.8. The fourth-order valence-corrected chi connectivity index (χ4v) is 1.57. The standard InChI is InChI=1S/C13H15N3O4/c1-3-9(12(17)18)15-13(19)16-11-8(7-14)5-4-6-10(11)20-2/h4-6,9H,3H2,1-2H3,(H,17,18)(H2,15,16,19). The van der Waals surface area contributed by atoms with E-state index in [1.54, 1.807) is 19.1 Å². The highest BCUT2D eigenvalue weighted by atomic mass is 16.5. The second-order valence-electron chi connectivity index (χ2n) is 3.89. The van der Waals surface area contributed by atoms with Crippen molar-refractivity contribution in [3.63, 3.8) is 0 Å². The molecule has 7 heteroatoms. The van der Waals surface area contributed by atoms with Crippen LogP contribution in [0.25, 0.3) is 0 Å². The summed E-state index contributed by atoms with van der Waals surface area (Å²) in [6.45, 7) is 1.64. The van der Waals surface area contributed by atoms with Gasteiger partial charge in [-0.1, -0.05) is 13.0 Å². The number of carboxylic acid groups (broad SMARTS) is 1. The molecule has 1 aromatic rings. The molecule has 106 valence electrons. The molecule has 0 saturated heterocycles. The monoisotopic (exact) mass is 277 g/mol. The van der Waals surface area contributed by atoms with Gasteiger partial charge in [0.25, 0.3) is 0 Å². The number of anilines is 1. The van der Waals surface area contributed by atoms with Crippen molar-refractivity contribution in [1.29, 1.82) is 5.26 Å². The van der Waals surface area contributed by atoms with Crippen LogP contribution in [-0.4, -0.2) is 30.3 Å². The summed E-state index contributed by atoms with van der Waals surface area (Å²) in [5.41, 5.74) is 0.429. The van der Waals surface area contributed by atoms with E-state index in [1.807, 2.05) is 6.07 Å². The number of nitrogens with one attached hydrogen (secondary N) is 2. The van der Waals surface area contributed by atoms with Crippen LogP contribution in [0, 0.1) is 11.3 Å². The second kappa shape index (κ2) is 6.99. The number of amides is 2. The summed E-state index contributed by atoms with van der Waals surface area (Å²) in [7, 11) is 1.41. The smallest absolute Gasteiger partial charge is 0.326 e. The molecule has 0 radical (unpaired) electrons. The molecule has 1 rings (SSSR count). The molecular weight excluding hydrogens is 262 g/mol. The highest BCUT2D eigenvalue weighted by molar-refractivity contribution is 5.94. The van der Waals surface area contributed by atoms with E-state index in [1.165, 1.54) is 13.2 Å². The zero-order chi connectivity index (χ0) is 15.1. The highest BCUT2D eigenvalue weighted by Crippen LogP contribution is 2.27. The third kappa shape index (κ3) is 3.62. The van der Waals surface area contributed by atoms with Crippen LogP contribution in [0.1, 0.15) is 18.9 Å². The van der Waals surface area contributed by atoms with Crippen molar-refractivity contribution in [2.45, 2.75) is 19.4 Å². The van der Waals surface area contributed by atoms with Crippen LogP contribution in [-0.2, 0) is 4.79 Å². The predicted octanol–water partition coefficient (Wildman–Crippen LogP) is 1.55. The summed E-state index contributed by atoms with van der Waals surface area (Å²) < 4.78 is 5.06. The van der Waals surface area contributed by atoms with Crippen molar-refractivity contribution >= 4 is 17.7 Å². The lowest BCUT2D eigenvalue weighted by atomic mass is 10.2. The lowest BCUT2D eigenvalue weighted by Crippen LogP contribution is -2.42. The summed E-state index contributed by atoms with van der Waals surface area (Å²) >= 11 is 0. The van der Waals surface area contributed by atoms with Gasteiger partial charge in [-0.25, -0.2) is 9.59 Å². The van der Waals surface area contributed by atoms with Gasteiger partial charge in [-0.15, -0.1) is 0 Å². The van der Waals surface area contributed by atoms with E-state index in [0.717, 1.165) is 0 Å². The Bertz CT molecular complexity index is 551. The fraction of sp³-hybridized carbons (Fsp3) is 0.308. The molecule has 0 bridgehead atoms. The number of rotatable bonds is 5. The van der Waals surface area contributed by atoms with Crippen molar-refractivity contribution < 1.29 is 19.4 Å². The van der Waals surface area contributed by atoms with Crippen molar-refractivity contribution in [2.24, 2.45) is 0 Å². The number of nitrogens with zero attached hydrogens (tertiary/aromatic N) is 1. The van der Waals surface area contributed by atoms with Crippen molar-refractivity contribution in [3.8, 4) is 11.8 Å². The number of aliphatic carboxylic acids is 1. The largest absolute Gasteiger partial charge is 0.495 e. The first-order valence-electron chi connectivity index (χ1n) is 5.90. The fourth-order valence-electron chi connectivity index (χ4n) is 1.57. The molecule has 0 fully saturated rings. The third-order valence-electron chi connectivity index (χ3n) is 2.62. The van der Waals surface area contributed by atoms with Crippen LogP contribution in [0.15, 0.2) is 18.2 Å². The molecule has 0 aliphatic heterocycles. The molecule has 0 aromatic heterocycles. The van der Waals surface area contributed by atoms with Crippen molar-refractivity contribution in [2.75, 3.05) is 12.4 Å². The van der Waals surface area contributed by atoms with Gasteiger partial charge in [-0.3, -0.25) is 0 Å². The van der Waals surface area contributed by atoms with Gasteiger partial charge in [-0.05, 0) is 18.6 Å². The number of para-hydroxylation sites is 1. The minimum Gasteiger partial charge on any atom is -0.495 e. The minimum absolute atomic E-state index is 0.204. The van der Waals surface area contributed by atoms with Gasteiger partial charge in [0.05, 0.1) is 12.7 Å². The van der Waals surface area contributed by atoms with Gasteiger partial charge in [0.15, 0.2) is 0 Å². The maximum absolute atomic E-state index is 11.8. The molecule has 0 aliphatic rings. The van der Waals surface area contributed by atoms with Crippen LogP contribution >= 0.6 is 0 Å². The molecule has 0 heterocycles. The summed E-state index contributed by atoms with van der Waals surface area (Å²) in [6, 6.07) is 4.95. The predicted molar refractivity (Wildman–Crippen MR) is 71.6 cm³/mol. The summed E-state index contributed by atoms with van der Waals surface area (Å²) in [5, 5.41) is 22.6. The average Bonchev–Trinajstić information content (AvgIpc) is 2.44. The van der Waals surface area contributed by atoms with Crippen LogP contribution in [0.2, 0.25) is 0 Å². The molecular formula is C13H15N3O4. The topological polar surface area (TPSA) is 111 Å². The Morgan fingerprint density at radius 1 is 1.50 bits per heavy atom. The first-order chi connectivity index (χ1) is 9.53. The number of carbonyl (C=O) groups is 2. The summed E-state index contributed by atoms with van der Waals surface area (Å²) in [6.07, 6.45) is 0.250. The first kappa shape index (κ1) is 15.3. The zero-order valence-electron chi connectivity index (χ0n) is 11.1. The summed E-state index contributed by atoms with van der Waals surface area (Å²) in [4.78, 5) is 22.6. The van der Waals surface area contributed by atoms with Gasteiger partial charge < -0.3 is 20.5 Å². The Hall–Kier alpha value is -2.75. The normalized spacial score (nSPS) is 11.1. The molecule has 0 aliphatic carbocycles. The van der Waals surface area contributed by atoms with Gasteiger partial charge in [0.1, 0.15) is 23.5 Å². The van der Waals surface area contributed by atoms with E-state index < -0.39 is 18.0 Å². The zero-order valence-corrected chi connectivity index (χ0v) is 11.1. The van der Waals surface area contributed by atoms with Crippen LogP contribution < -0.4 is 15.4 Å². The average molecular weight is 277 g/mol. The number of hydrogen-bond acceptors (Lipinski definition) is 4. The number of methoxy groups -OCH3 is 1. The molecule has 1 atom stereocenters. The molecule has 0 spiro atoms. The van der Waals surface area contributed by atoms with E-state index in [2.05, 4.69) is 10.6 Å². The van der Waals surface area contributed by atoms with Gasteiger partial charge in [-0.2, -0.15) is 5.26 Å². The van der Waals surface area contributed by atoms with Crippen LogP contribution in [0.5, 0.6) is 5.75 Å². The molecule has 2 amide bonds. The minimum atomic E-state index is -1.12. The summed E-state index contributed by atoms with van der Waals surface area (Å²) in [5.74, 6) is -0.800. The number of ether oxygens (including phenoxy) is 1. The van der Waals surface area contributed by atoms with Crippen molar-refractivity contribution in [1.82, 2.24) is 5.32 Å². The molecule has 7 nitrogen and oxygen atoms in total. The lowest BCUT2D eigenvalue weighted by Gasteiger charge is -2.15. The van der Waals surface area contributed by atoms with Crippen LogP contribution in [0.4, 0.5) is 10.5 Å². The van der Waals surface area contributed by atoms with E-state index in [9.17, 15) is 9.59 Å². The van der Waals surface area contributed by atoms with Gasteiger partial charge in [0.2, 0.25) is 0 Å². The number of hydrogen-bond donors (Lipinski definition) is 3. The Balaban J connectivity index is 2.91. The molecule has 0 saturated carbocycles. The van der Waals surface area contributed by atoms with Gasteiger partial charge in [0, 0.05) is 0 Å². The van der Waals surface area contributed by atoms with Crippen molar-refractivity contribution in [3.05, 3.63) is 23.8 Å². The number of benzene rings is 1. The first-order valence-corrected chi connectivity index (χ1v) is 5.90. The SMILES string of the molecule is CCC(NC(=O)Nc1c(C#N)cccc1OC)C(=O)O.